The normalized spacial score (nSPS) is 12.4. The molecule has 1 N–H and O–H groups in total. The number of nitrogens with one attached hydrogen (secondary N) is 1. The van der Waals surface area contributed by atoms with Crippen molar-refractivity contribution in [1.82, 2.24) is 5.32 Å². The Hall–Kier alpha value is -0.970. The number of likely N-dealkylation sites (N-methyl/N-ethyl adjacent to an activating group) is 1. The van der Waals surface area contributed by atoms with E-state index in [-0.39, 0.29) is 6.04 Å². The Balaban J connectivity index is 2.30. The van der Waals surface area contributed by atoms with Crippen molar-refractivity contribution in [2.75, 3.05) is 6.54 Å². The molecule has 1 nitrogen and oxygen atoms in total. The van der Waals surface area contributed by atoms with Gasteiger partial charge < -0.3 is 5.32 Å². The second-order valence-electron chi connectivity index (χ2n) is 4.72. The molecule has 21 heavy (non-hydrogen) atoms. The second kappa shape index (κ2) is 7.34. The van der Waals surface area contributed by atoms with Crippen LogP contribution in [0.25, 0.3) is 0 Å². The third kappa shape index (κ3) is 4.25. The molecule has 0 aliphatic carbocycles. The topological polar surface area (TPSA) is 12.0 Å². The first-order chi connectivity index (χ1) is 10.0. The summed E-state index contributed by atoms with van der Waals surface area (Å²) in [7, 11) is 0. The third-order valence-electron chi connectivity index (χ3n) is 3.23. The van der Waals surface area contributed by atoms with E-state index < -0.39 is 11.6 Å². The van der Waals surface area contributed by atoms with E-state index in [4.69, 9.17) is 11.6 Å². The van der Waals surface area contributed by atoms with Crippen molar-refractivity contribution in [3.63, 3.8) is 0 Å². The number of hydrogen-bond donors (Lipinski definition) is 1. The average Bonchev–Trinajstić information content (AvgIpc) is 2.45. The summed E-state index contributed by atoms with van der Waals surface area (Å²) in [5.74, 6) is -0.835. The van der Waals surface area contributed by atoms with Crippen LogP contribution >= 0.6 is 27.5 Å². The van der Waals surface area contributed by atoms with Gasteiger partial charge in [-0.05, 0) is 70.4 Å². The maximum absolute atomic E-state index is 13.8. The van der Waals surface area contributed by atoms with Crippen LogP contribution in [0.5, 0.6) is 0 Å². The summed E-state index contributed by atoms with van der Waals surface area (Å²) in [6.07, 6.45) is 0.357. The van der Waals surface area contributed by atoms with Crippen LogP contribution in [0.15, 0.2) is 40.9 Å². The van der Waals surface area contributed by atoms with Crippen LogP contribution in [-0.4, -0.2) is 6.54 Å². The van der Waals surface area contributed by atoms with E-state index in [0.717, 1.165) is 28.7 Å². The summed E-state index contributed by atoms with van der Waals surface area (Å²) in [6.45, 7) is 2.69. The summed E-state index contributed by atoms with van der Waals surface area (Å²) in [5.41, 5.74) is 1.29. The van der Waals surface area contributed by atoms with E-state index in [9.17, 15) is 8.78 Å². The molecule has 0 saturated heterocycles. The maximum atomic E-state index is 13.8. The van der Waals surface area contributed by atoms with Crippen molar-refractivity contribution in [3.8, 4) is 0 Å². The Bertz CT molecular complexity index is 634. The highest BCUT2D eigenvalue weighted by atomic mass is 79.9. The van der Waals surface area contributed by atoms with E-state index >= 15 is 0 Å². The van der Waals surface area contributed by atoms with Gasteiger partial charge in [-0.1, -0.05) is 24.6 Å². The van der Waals surface area contributed by atoms with Crippen molar-refractivity contribution in [1.29, 1.82) is 0 Å². The Morgan fingerprint density at radius 1 is 1.19 bits per heavy atom. The molecule has 0 fully saturated rings. The molecule has 1 unspecified atom stereocenters. The lowest BCUT2D eigenvalue weighted by atomic mass is 9.98. The lowest BCUT2D eigenvalue weighted by Crippen LogP contribution is -2.23. The Morgan fingerprint density at radius 3 is 2.62 bits per heavy atom. The van der Waals surface area contributed by atoms with Crippen LogP contribution in [0.2, 0.25) is 5.02 Å². The van der Waals surface area contributed by atoms with Gasteiger partial charge in [0.25, 0.3) is 0 Å². The summed E-state index contributed by atoms with van der Waals surface area (Å²) < 4.78 is 27.9. The summed E-state index contributed by atoms with van der Waals surface area (Å²) in [6, 6.07) is 8.98. The molecular formula is C16H15BrClF2N. The monoisotopic (exact) mass is 373 g/mol. The van der Waals surface area contributed by atoms with Gasteiger partial charge in [-0.15, -0.1) is 0 Å². The van der Waals surface area contributed by atoms with Crippen molar-refractivity contribution >= 4 is 27.5 Å². The van der Waals surface area contributed by atoms with Crippen LogP contribution in [-0.2, 0) is 6.42 Å². The molecule has 0 aliphatic heterocycles. The largest absolute Gasteiger partial charge is 0.310 e. The van der Waals surface area contributed by atoms with Gasteiger partial charge in [-0.25, -0.2) is 8.78 Å². The van der Waals surface area contributed by atoms with Crippen molar-refractivity contribution < 1.29 is 8.78 Å². The SMILES string of the molecule is CCNC(Cc1cc(F)ccc1F)c1ccc(Br)c(Cl)c1. The number of hydrogen-bond acceptors (Lipinski definition) is 1. The third-order valence-corrected chi connectivity index (χ3v) is 4.46. The maximum Gasteiger partial charge on any atom is 0.126 e. The minimum Gasteiger partial charge on any atom is -0.310 e. The molecule has 112 valence electrons. The minimum absolute atomic E-state index is 0.128. The van der Waals surface area contributed by atoms with E-state index in [0.29, 0.717) is 17.0 Å². The molecule has 0 aliphatic rings. The average molecular weight is 375 g/mol. The molecule has 2 aromatic rings. The first-order valence-electron chi connectivity index (χ1n) is 6.63. The van der Waals surface area contributed by atoms with Crippen LogP contribution < -0.4 is 5.32 Å². The zero-order valence-electron chi connectivity index (χ0n) is 11.5. The molecule has 2 aromatic carbocycles. The summed E-state index contributed by atoms with van der Waals surface area (Å²) >= 11 is 9.45. The van der Waals surface area contributed by atoms with E-state index in [1.807, 2.05) is 25.1 Å². The van der Waals surface area contributed by atoms with E-state index in [2.05, 4.69) is 21.2 Å². The fraction of sp³-hybridized carbons (Fsp3) is 0.250. The van der Waals surface area contributed by atoms with E-state index in [1.165, 1.54) is 6.07 Å². The van der Waals surface area contributed by atoms with Gasteiger partial charge in [0.15, 0.2) is 0 Å². The molecule has 0 radical (unpaired) electrons. The summed E-state index contributed by atoms with van der Waals surface area (Å²) in [5, 5.41) is 3.87. The fourth-order valence-electron chi connectivity index (χ4n) is 2.20. The summed E-state index contributed by atoms with van der Waals surface area (Å²) in [4.78, 5) is 0. The van der Waals surface area contributed by atoms with Gasteiger partial charge in [-0.3, -0.25) is 0 Å². The van der Waals surface area contributed by atoms with Gasteiger partial charge in [0, 0.05) is 10.5 Å². The molecule has 0 bridgehead atoms. The van der Waals surface area contributed by atoms with Crippen molar-refractivity contribution in [3.05, 3.63) is 68.7 Å². The zero-order valence-corrected chi connectivity index (χ0v) is 13.8. The standard InChI is InChI=1S/C16H15BrClF2N/c1-2-21-16(10-3-5-13(17)14(18)8-10)9-11-7-12(19)4-6-15(11)20/h3-8,16,21H,2,9H2,1H3. The molecule has 0 spiro atoms. The van der Waals surface area contributed by atoms with Gasteiger partial charge in [-0.2, -0.15) is 0 Å². The Kier molecular flexibility index (Phi) is 5.73. The zero-order chi connectivity index (χ0) is 15.4. The van der Waals surface area contributed by atoms with Gasteiger partial charge in [0.05, 0.1) is 5.02 Å². The number of rotatable bonds is 5. The first-order valence-corrected chi connectivity index (χ1v) is 7.80. The molecule has 1 atom stereocenters. The number of benzene rings is 2. The van der Waals surface area contributed by atoms with Gasteiger partial charge in [0.1, 0.15) is 11.6 Å². The van der Waals surface area contributed by atoms with Crippen molar-refractivity contribution in [2.45, 2.75) is 19.4 Å². The smallest absolute Gasteiger partial charge is 0.126 e. The van der Waals surface area contributed by atoms with Crippen LogP contribution in [0, 0.1) is 11.6 Å². The van der Waals surface area contributed by atoms with Gasteiger partial charge >= 0.3 is 0 Å². The molecule has 0 aromatic heterocycles. The predicted octanol–water partition coefficient (Wildman–Crippen LogP) is 5.27. The molecule has 0 saturated carbocycles. The number of halogens is 4. The van der Waals surface area contributed by atoms with E-state index in [1.54, 1.807) is 0 Å². The van der Waals surface area contributed by atoms with Crippen LogP contribution in [0.3, 0.4) is 0 Å². The second-order valence-corrected chi connectivity index (χ2v) is 5.99. The van der Waals surface area contributed by atoms with Crippen LogP contribution in [0.4, 0.5) is 8.78 Å². The highest BCUT2D eigenvalue weighted by Crippen LogP contribution is 2.28. The molecular weight excluding hydrogens is 360 g/mol. The lowest BCUT2D eigenvalue weighted by molar-refractivity contribution is 0.522. The lowest BCUT2D eigenvalue weighted by Gasteiger charge is -2.19. The molecule has 0 amide bonds. The Labute approximate surface area is 136 Å². The first kappa shape index (κ1) is 16.4. The fourth-order valence-corrected chi connectivity index (χ4v) is 2.64. The quantitative estimate of drug-likeness (QED) is 0.751. The highest BCUT2D eigenvalue weighted by Gasteiger charge is 2.15. The Morgan fingerprint density at radius 2 is 1.95 bits per heavy atom. The minimum atomic E-state index is -0.435. The van der Waals surface area contributed by atoms with Crippen LogP contribution in [0.1, 0.15) is 24.1 Å². The highest BCUT2D eigenvalue weighted by molar-refractivity contribution is 9.10. The molecule has 2 rings (SSSR count). The molecule has 0 heterocycles. The van der Waals surface area contributed by atoms with Gasteiger partial charge in [0.2, 0.25) is 0 Å². The van der Waals surface area contributed by atoms with Crippen molar-refractivity contribution in [2.24, 2.45) is 0 Å². The predicted molar refractivity (Wildman–Crippen MR) is 85.6 cm³/mol. The molecule has 5 heteroatoms.